The number of aliphatic hydroxyl groups is 1. The first kappa shape index (κ1) is 31.8. The van der Waals surface area contributed by atoms with E-state index in [1.807, 2.05) is 0 Å². The van der Waals surface area contributed by atoms with Crippen molar-refractivity contribution in [2.75, 3.05) is 11.4 Å². The summed E-state index contributed by atoms with van der Waals surface area (Å²) in [5.41, 5.74) is -2.24. The van der Waals surface area contributed by atoms with Gasteiger partial charge in [-0.25, -0.2) is 14.6 Å². The highest BCUT2D eigenvalue weighted by Gasteiger charge is 2.37. The first-order valence-corrected chi connectivity index (χ1v) is 13.3. The maximum atomic E-state index is 13.2. The number of nitrogens with one attached hydrogen (secondary N) is 1. The fourth-order valence-electron chi connectivity index (χ4n) is 3.56. The van der Waals surface area contributed by atoms with Gasteiger partial charge in [0.2, 0.25) is 0 Å². The van der Waals surface area contributed by atoms with Crippen LogP contribution in [0.3, 0.4) is 0 Å². The van der Waals surface area contributed by atoms with Gasteiger partial charge in [0.05, 0.1) is 34.2 Å². The fraction of sp³-hybridized carbons (Fsp3) is 0.560. The minimum absolute atomic E-state index is 0.231. The predicted molar refractivity (Wildman–Crippen MR) is 142 cm³/mol. The molecule has 2 N–H and O–H groups in total. The molecular weight excluding hydrogens is 591 g/mol. The van der Waals surface area contributed by atoms with Crippen LogP contribution in [0.5, 0.6) is 0 Å². The zero-order chi connectivity index (χ0) is 29.1. The van der Waals surface area contributed by atoms with Crippen LogP contribution < -0.4 is 10.2 Å². The molecule has 2 rings (SSSR count). The number of carbonyl (C=O) groups is 2. The van der Waals surface area contributed by atoms with E-state index >= 15 is 0 Å². The highest BCUT2D eigenvalue weighted by molar-refractivity contribution is 9.11. The molecule has 13 heteroatoms. The van der Waals surface area contributed by atoms with Crippen molar-refractivity contribution in [3.63, 3.8) is 0 Å². The molecule has 38 heavy (non-hydrogen) atoms. The molecule has 2 amide bonds. The average Bonchev–Trinajstić information content (AvgIpc) is 3.14. The summed E-state index contributed by atoms with van der Waals surface area (Å²) in [6.45, 7) is 11.3. The standard InChI is InChI=1S/C25H33BrF3N3O5S/c1-14(33)19(15-8-10-16(11-9-15)25(27,28)29)17(31-21(34)36-23(2,3)4)13-32(20-30-12-18(26)38-20)22(35)37-24(5,6)7/h8-12,14,17,19,33H,13H2,1-7H3,(H,31,34)/t14-,17+,19-/m0/s1. The number of aromatic nitrogens is 1. The molecular formula is C25H33BrF3N3O5S. The lowest BCUT2D eigenvalue weighted by Crippen LogP contribution is -2.52. The second-order valence-corrected chi connectivity index (χ2v) is 13.1. The number of anilines is 1. The van der Waals surface area contributed by atoms with E-state index in [1.165, 1.54) is 30.2 Å². The fourth-order valence-corrected chi connectivity index (χ4v) is 4.75. The molecule has 0 unspecified atom stereocenters. The van der Waals surface area contributed by atoms with Crippen LogP contribution in [0.25, 0.3) is 0 Å². The summed E-state index contributed by atoms with van der Waals surface area (Å²) < 4.78 is 51.1. The van der Waals surface area contributed by atoms with Crippen molar-refractivity contribution < 1.29 is 37.3 Å². The van der Waals surface area contributed by atoms with Gasteiger partial charge in [-0.2, -0.15) is 13.2 Å². The Bertz CT molecular complexity index is 1100. The predicted octanol–water partition coefficient (Wildman–Crippen LogP) is 6.72. The summed E-state index contributed by atoms with van der Waals surface area (Å²) in [4.78, 5) is 31.5. The first-order chi connectivity index (χ1) is 17.3. The second kappa shape index (κ2) is 12.2. The summed E-state index contributed by atoms with van der Waals surface area (Å²) in [5, 5.41) is 13.7. The number of benzene rings is 1. The normalized spacial score (nSPS) is 14.8. The van der Waals surface area contributed by atoms with Crippen LogP contribution in [0.15, 0.2) is 34.2 Å². The van der Waals surface area contributed by atoms with Gasteiger partial charge in [0.1, 0.15) is 11.2 Å². The molecule has 0 aliphatic carbocycles. The van der Waals surface area contributed by atoms with Gasteiger partial charge in [0.25, 0.3) is 0 Å². The summed E-state index contributed by atoms with van der Waals surface area (Å²) in [6.07, 6.45) is -5.78. The summed E-state index contributed by atoms with van der Waals surface area (Å²) in [5.74, 6) is -0.932. The van der Waals surface area contributed by atoms with Gasteiger partial charge in [-0.15, -0.1) is 0 Å². The van der Waals surface area contributed by atoms with E-state index < -0.39 is 53.2 Å². The summed E-state index contributed by atoms with van der Waals surface area (Å²) in [7, 11) is 0. The molecule has 3 atom stereocenters. The number of rotatable bonds is 7. The Hall–Kier alpha value is -2.38. The third-order valence-corrected chi connectivity index (χ3v) is 6.47. The summed E-state index contributed by atoms with van der Waals surface area (Å²) in [6, 6.07) is 3.26. The van der Waals surface area contributed by atoms with E-state index in [9.17, 15) is 27.9 Å². The smallest absolute Gasteiger partial charge is 0.416 e. The largest absolute Gasteiger partial charge is 0.444 e. The van der Waals surface area contributed by atoms with Crippen molar-refractivity contribution in [2.24, 2.45) is 0 Å². The molecule has 8 nitrogen and oxygen atoms in total. The lowest BCUT2D eigenvalue weighted by Gasteiger charge is -2.35. The van der Waals surface area contributed by atoms with Crippen molar-refractivity contribution in [2.45, 2.75) is 83.9 Å². The number of ether oxygens (including phenoxy) is 2. The van der Waals surface area contributed by atoms with Crippen LogP contribution in [0.4, 0.5) is 27.9 Å². The number of alkyl halides is 3. The molecule has 2 aromatic rings. The molecule has 1 aromatic heterocycles. The molecule has 0 bridgehead atoms. The van der Waals surface area contributed by atoms with E-state index in [-0.39, 0.29) is 11.7 Å². The van der Waals surface area contributed by atoms with Crippen molar-refractivity contribution in [3.05, 3.63) is 45.4 Å². The number of thiazole rings is 1. The number of hydrogen-bond donors (Lipinski definition) is 2. The van der Waals surface area contributed by atoms with Gasteiger partial charge >= 0.3 is 18.4 Å². The lowest BCUT2D eigenvalue weighted by molar-refractivity contribution is -0.137. The molecule has 0 saturated heterocycles. The van der Waals surface area contributed by atoms with E-state index in [0.717, 1.165) is 23.5 Å². The maximum Gasteiger partial charge on any atom is 0.416 e. The summed E-state index contributed by atoms with van der Waals surface area (Å²) >= 11 is 4.46. The van der Waals surface area contributed by atoms with E-state index in [1.54, 1.807) is 41.5 Å². The van der Waals surface area contributed by atoms with Crippen molar-refractivity contribution >= 4 is 44.6 Å². The Morgan fingerprint density at radius 2 is 1.63 bits per heavy atom. The number of amides is 2. The Kier molecular flexibility index (Phi) is 10.2. The molecule has 1 heterocycles. The van der Waals surface area contributed by atoms with Gasteiger partial charge < -0.3 is 19.9 Å². The van der Waals surface area contributed by atoms with Crippen molar-refractivity contribution in [1.82, 2.24) is 10.3 Å². The van der Waals surface area contributed by atoms with Crippen LogP contribution in [-0.2, 0) is 15.7 Å². The Morgan fingerprint density at radius 1 is 1.08 bits per heavy atom. The number of aliphatic hydroxyl groups excluding tert-OH is 1. The molecule has 0 radical (unpaired) electrons. The SMILES string of the molecule is C[C@H](O)[C@@H](c1ccc(C(F)(F)F)cc1)[C@@H](CN(C(=O)OC(C)(C)C)c1ncc(Br)s1)NC(=O)OC(C)(C)C. The maximum absolute atomic E-state index is 13.2. The lowest BCUT2D eigenvalue weighted by atomic mass is 9.86. The van der Waals surface area contributed by atoms with Crippen LogP contribution >= 0.6 is 27.3 Å². The third kappa shape index (κ3) is 9.73. The van der Waals surface area contributed by atoms with E-state index in [4.69, 9.17) is 9.47 Å². The number of carbonyl (C=O) groups excluding carboxylic acids is 2. The minimum Gasteiger partial charge on any atom is -0.444 e. The molecule has 0 aliphatic rings. The number of alkyl carbamates (subject to hydrolysis) is 1. The first-order valence-electron chi connectivity index (χ1n) is 11.7. The van der Waals surface area contributed by atoms with Crippen LogP contribution in [0.2, 0.25) is 0 Å². The molecule has 0 spiro atoms. The topological polar surface area (TPSA) is 101 Å². The van der Waals surface area contributed by atoms with Gasteiger partial charge in [0, 0.05) is 5.92 Å². The molecule has 0 fully saturated rings. The highest BCUT2D eigenvalue weighted by atomic mass is 79.9. The quantitative estimate of drug-likeness (QED) is 0.355. The van der Waals surface area contributed by atoms with E-state index in [0.29, 0.717) is 9.35 Å². The monoisotopic (exact) mass is 623 g/mol. The third-order valence-electron chi connectivity index (χ3n) is 4.97. The molecule has 212 valence electrons. The zero-order valence-corrected chi connectivity index (χ0v) is 24.6. The van der Waals surface area contributed by atoms with Crippen LogP contribution in [-0.4, -0.2) is 52.2 Å². The number of hydrogen-bond acceptors (Lipinski definition) is 7. The van der Waals surface area contributed by atoms with Crippen molar-refractivity contribution in [3.8, 4) is 0 Å². The zero-order valence-electron chi connectivity index (χ0n) is 22.2. The molecule has 1 aromatic carbocycles. The Balaban J connectivity index is 2.55. The van der Waals surface area contributed by atoms with Crippen LogP contribution in [0, 0.1) is 0 Å². The van der Waals surface area contributed by atoms with E-state index in [2.05, 4.69) is 26.2 Å². The number of halogens is 4. The second-order valence-electron chi connectivity index (χ2n) is 10.7. The highest BCUT2D eigenvalue weighted by Crippen LogP contribution is 2.34. The van der Waals surface area contributed by atoms with Gasteiger partial charge in [-0.3, -0.25) is 4.90 Å². The van der Waals surface area contributed by atoms with Gasteiger partial charge in [0.15, 0.2) is 5.13 Å². The molecule has 0 aliphatic heterocycles. The Labute approximate surface area is 232 Å². The van der Waals surface area contributed by atoms with Crippen LogP contribution in [0.1, 0.15) is 65.5 Å². The average molecular weight is 625 g/mol. The molecule has 0 saturated carbocycles. The Morgan fingerprint density at radius 3 is 2.05 bits per heavy atom. The van der Waals surface area contributed by atoms with Gasteiger partial charge in [-0.05, 0) is 82.1 Å². The van der Waals surface area contributed by atoms with Gasteiger partial charge in [-0.1, -0.05) is 23.5 Å². The van der Waals surface area contributed by atoms with Crippen molar-refractivity contribution in [1.29, 1.82) is 0 Å². The minimum atomic E-state index is -4.54. The number of nitrogens with zero attached hydrogens (tertiary/aromatic N) is 2.